The first-order valence-electron chi connectivity index (χ1n) is 15.6. The quantitative estimate of drug-likeness (QED) is 0.0991. The largest absolute Gasteiger partial charge is 0.298 e. The lowest BCUT2D eigenvalue weighted by atomic mass is 9.90. The van der Waals surface area contributed by atoms with Crippen molar-refractivity contribution in [2.24, 2.45) is 0 Å². The first-order chi connectivity index (χ1) is 22.2. The summed E-state index contributed by atoms with van der Waals surface area (Å²) in [7, 11) is -1.96. The summed E-state index contributed by atoms with van der Waals surface area (Å²) in [5.41, 5.74) is 10.1. The van der Waals surface area contributed by atoms with Crippen LogP contribution in [0, 0.1) is 0 Å². The minimum Gasteiger partial charge on any atom is -0.298 e. The van der Waals surface area contributed by atoms with Crippen LogP contribution in [0.3, 0.4) is 0 Å². The number of carbonyl (C=O) groups is 4. The molecule has 0 heterocycles. The second-order valence-electron chi connectivity index (χ2n) is 12.9. The van der Waals surface area contributed by atoms with Gasteiger partial charge in [0.25, 0.3) is 0 Å². The van der Waals surface area contributed by atoms with Crippen LogP contribution >= 0.6 is 0 Å². The molecule has 46 heavy (non-hydrogen) atoms. The Hall–Kier alpha value is -5.00. The lowest BCUT2D eigenvalue weighted by Gasteiger charge is -2.26. The van der Waals surface area contributed by atoms with E-state index in [0.29, 0.717) is 47.9 Å². The molecule has 4 nitrogen and oxygen atoms in total. The Bertz CT molecular complexity index is 1760. The van der Waals surface area contributed by atoms with Crippen LogP contribution in [-0.4, -0.2) is 33.2 Å². The first-order valence-corrected chi connectivity index (χ1v) is 19.1. The van der Waals surface area contributed by atoms with Gasteiger partial charge in [0, 0.05) is 22.3 Å². The van der Waals surface area contributed by atoms with E-state index in [-0.39, 0.29) is 0 Å². The Morgan fingerprint density at radius 1 is 0.413 bits per heavy atom. The van der Waals surface area contributed by atoms with Crippen molar-refractivity contribution in [3.8, 4) is 0 Å². The van der Waals surface area contributed by atoms with Crippen molar-refractivity contribution in [1.29, 1.82) is 0 Å². The molecular weight excluding hydrogens is 585 g/mol. The van der Waals surface area contributed by atoms with E-state index < -0.39 is 8.07 Å². The van der Waals surface area contributed by atoms with Crippen molar-refractivity contribution in [2.75, 3.05) is 0 Å². The SMILES string of the molecule is C[Si](C)(C)c1c(Cc2cc(Cc3ccccc3)c(C=O)cc2C=O)cccc1Cc1cc(Cc2ccccc2)c(C=O)cc1C=O. The van der Waals surface area contributed by atoms with Gasteiger partial charge >= 0.3 is 0 Å². The molecule has 0 spiro atoms. The van der Waals surface area contributed by atoms with Gasteiger partial charge in [-0.1, -0.05) is 116 Å². The van der Waals surface area contributed by atoms with E-state index in [9.17, 15) is 19.2 Å². The molecule has 0 fully saturated rings. The summed E-state index contributed by atoms with van der Waals surface area (Å²) in [6, 6.07) is 33.8. The second-order valence-corrected chi connectivity index (χ2v) is 17.9. The number of rotatable bonds is 13. The molecular formula is C41H38O4Si. The monoisotopic (exact) mass is 622 g/mol. The molecule has 0 unspecified atom stereocenters. The highest BCUT2D eigenvalue weighted by molar-refractivity contribution is 6.89. The van der Waals surface area contributed by atoms with Gasteiger partial charge in [0.2, 0.25) is 0 Å². The van der Waals surface area contributed by atoms with Gasteiger partial charge in [-0.2, -0.15) is 0 Å². The normalized spacial score (nSPS) is 11.2. The maximum Gasteiger partial charge on any atom is 0.150 e. The van der Waals surface area contributed by atoms with Gasteiger partial charge in [0.1, 0.15) is 25.1 Å². The highest BCUT2D eigenvalue weighted by atomic mass is 28.3. The topological polar surface area (TPSA) is 68.3 Å². The number of carbonyl (C=O) groups excluding carboxylic acids is 4. The molecule has 0 aliphatic rings. The van der Waals surface area contributed by atoms with E-state index in [1.54, 1.807) is 12.1 Å². The number of hydrogen-bond donors (Lipinski definition) is 0. The Kier molecular flexibility index (Phi) is 10.1. The molecule has 5 aromatic carbocycles. The molecule has 0 N–H and O–H groups in total. The fourth-order valence-corrected chi connectivity index (χ4v) is 8.73. The van der Waals surface area contributed by atoms with Gasteiger partial charge in [-0.3, -0.25) is 19.2 Å². The maximum absolute atomic E-state index is 12.3. The van der Waals surface area contributed by atoms with Crippen LogP contribution in [0.1, 0.15) is 85.9 Å². The molecule has 230 valence electrons. The minimum atomic E-state index is -1.96. The number of hydrogen-bond acceptors (Lipinski definition) is 4. The van der Waals surface area contributed by atoms with Crippen molar-refractivity contribution in [1.82, 2.24) is 0 Å². The molecule has 0 atom stereocenters. The standard InChI is InChI=1S/C41H38O4Si/c1-46(2,3)41-31(19-35-21-33(17-29-11-6-4-7-12-29)37(25-42)23-39(35)27-44)15-10-16-32(41)20-36-22-34(18-30-13-8-5-9-14-30)38(26-43)24-40(36)28-45/h4-16,21-28H,17-20H2,1-3H3. The summed E-state index contributed by atoms with van der Waals surface area (Å²) >= 11 is 0. The zero-order valence-electron chi connectivity index (χ0n) is 26.6. The predicted molar refractivity (Wildman–Crippen MR) is 188 cm³/mol. The maximum atomic E-state index is 12.3. The van der Waals surface area contributed by atoms with E-state index in [1.807, 2.05) is 78.9 Å². The van der Waals surface area contributed by atoms with Crippen LogP contribution < -0.4 is 5.19 Å². The molecule has 5 aromatic rings. The molecule has 0 bridgehead atoms. The van der Waals surface area contributed by atoms with Crippen molar-refractivity contribution in [3.05, 3.63) is 170 Å². The Morgan fingerprint density at radius 3 is 1.09 bits per heavy atom. The molecule has 0 radical (unpaired) electrons. The Balaban J connectivity index is 1.57. The summed E-state index contributed by atoms with van der Waals surface area (Å²) in [5, 5.41) is 1.29. The molecule has 0 aliphatic heterocycles. The lowest BCUT2D eigenvalue weighted by Crippen LogP contribution is -2.43. The molecule has 0 aromatic heterocycles. The van der Waals surface area contributed by atoms with E-state index >= 15 is 0 Å². The van der Waals surface area contributed by atoms with Gasteiger partial charge in [0.05, 0.1) is 8.07 Å². The summed E-state index contributed by atoms with van der Waals surface area (Å²) in [6.45, 7) is 6.93. The Morgan fingerprint density at radius 2 is 0.761 bits per heavy atom. The van der Waals surface area contributed by atoms with Crippen LogP contribution in [-0.2, 0) is 25.7 Å². The van der Waals surface area contributed by atoms with Crippen molar-refractivity contribution in [3.63, 3.8) is 0 Å². The highest BCUT2D eigenvalue weighted by Crippen LogP contribution is 2.25. The van der Waals surface area contributed by atoms with Crippen LogP contribution in [0.2, 0.25) is 19.6 Å². The molecule has 0 saturated carbocycles. The predicted octanol–water partition coefficient (Wildman–Crippen LogP) is 7.85. The van der Waals surface area contributed by atoms with Gasteiger partial charge in [-0.25, -0.2) is 0 Å². The third-order valence-electron chi connectivity index (χ3n) is 8.53. The van der Waals surface area contributed by atoms with Gasteiger partial charge < -0.3 is 0 Å². The summed E-state index contributed by atoms with van der Waals surface area (Å²) < 4.78 is 0. The molecule has 0 aliphatic carbocycles. The van der Waals surface area contributed by atoms with Gasteiger partial charge in [0.15, 0.2) is 0 Å². The minimum absolute atomic E-state index is 0.518. The van der Waals surface area contributed by atoms with Crippen LogP contribution in [0.15, 0.2) is 103 Å². The van der Waals surface area contributed by atoms with Crippen molar-refractivity contribution < 1.29 is 19.2 Å². The summed E-state index contributed by atoms with van der Waals surface area (Å²) in [6.07, 6.45) is 5.62. The number of benzene rings is 5. The Labute approximate surface area is 272 Å². The third kappa shape index (κ3) is 7.44. The average molecular weight is 623 g/mol. The van der Waals surface area contributed by atoms with E-state index in [4.69, 9.17) is 0 Å². The first kappa shape index (κ1) is 32.4. The smallest absolute Gasteiger partial charge is 0.150 e. The summed E-state index contributed by atoms with van der Waals surface area (Å²) in [4.78, 5) is 48.6. The van der Waals surface area contributed by atoms with Crippen LogP contribution in [0.5, 0.6) is 0 Å². The van der Waals surface area contributed by atoms with E-state index in [1.165, 1.54) is 5.19 Å². The van der Waals surface area contributed by atoms with Gasteiger partial charge in [-0.05, 0) is 82.3 Å². The highest BCUT2D eigenvalue weighted by Gasteiger charge is 2.25. The fourth-order valence-electron chi connectivity index (χ4n) is 6.46. The number of aldehydes is 4. The summed E-state index contributed by atoms with van der Waals surface area (Å²) in [5.74, 6) is 0. The average Bonchev–Trinajstić information content (AvgIpc) is 3.05. The lowest BCUT2D eigenvalue weighted by molar-refractivity contribution is 0.110. The fraction of sp³-hybridized carbons (Fsp3) is 0.171. The van der Waals surface area contributed by atoms with Gasteiger partial charge in [-0.15, -0.1) is 0 Å². The van der Waals surface area contributed by atoms with E-state index in [0.717, 1.165) is 69.7 Å². The molecule has 0 amide bonds. The second kappa shape index (κ2) is 14.4. The van der Waals surface area contributed by atoms with Crippen molar-refractivity contribution in [2.45, 2.75) is 45.3 Å². The van der Waals surface area contributed by atoms with E-state index in [2.05, 4.69) is 31.8 Å². The van der Waals surface area contributed by atoms with Crippen LogP contribution in [0.4, 0.5) is 0 Å². The van der Waals surface area contributed by atoms with Crippen molar-refractivity contribution >= 4 is 38.4 Å². The zero-order chi connectivity index (χ0) is 32.7. The third-order valence-corrected chi connectivity index (χ3v) is 10.7. The molecule has 5 heteroatoms. The molecule has 0 saturated heterocycles. The zero-order valence-corrected chi connectivity index (χ0v) is 27.6. The van der Waals surface area contributed by atoms with Crippen LogP contribution in [0.25, 0.3) is 0 Å². The molecule has 5 rings (SSSR count).